The summed E-state index contributed by atoms with van der Waals surface area (Å²) in [6.45, 7) is 1.92. The molecule has 1 atom stereocenters. The lowest BCUT2D eigenvalue weighted by Crippen LogP contribution is -2.10. The molecule has 0 aromatic heterocycles. The number of rotatable bonds is 4. The van der Waals surface area contributed by atoms with Crippen molar-refractivity contribution < 1.29 is 9.90 Å². The predicted octanol–water partition coefficient (Wildman–Crippen LogP) is 5.09. The molecule has 0 fully saturated rings. The van der Waals surface area contributed by atoms with Crippen molar-refractivity contribution in [1.29, 1.82) is 0 Å². The third-order valence-electron chi connectivity index (χ3n) is 4.12. The first-order chi connectivity index (χ1) is 10.7. The SMILES string of the molecule is CCC(C(=O)O)c1cccc2c(-c3ccccc3)cccc12. The molecule has 0 aliphatic heterocycles. The molecule has 110 valence electrons. The molecule has 22 heavy (non-hydrogen) atoms. The smallest absolute Gasteiger partial charge is 0.310 e. The molecule has 3 rings (SSSR count). The normalized spacial score (nSPS) is 12.2. The molecule has 0 bridgehead atoms. The molecule has 0 aliphatic rings. The highest BCUT2D eigenvalue weighted by Gasteiger charge is 2.20. The van der Waals surface area contributed by atoms with E-state index in [4.69, 9.17) is 0 Å². The van der Waals surface area contributed by atoms with Gasteiger partial charge in [-0.15, -0.1) is 0 Å². The van der Waals surface area contributed by atoms with E-state index in [-0.39, 0.29) is 0 Å². The maximum atomic E-state index is 11.5. The first-order valence-corrected chi connectivity index (χ1v) is 7.52. The minimum absolute atomic E-state index is 0.463. The van der Waals surface area contributed by atoms with E-state index in [2.05, 4.69) is 24.3 Å². The van der Waals surface area contributed by atoms with Crippen molar-refractivity contribution >= 4 is 16.7 Å². The molecule has 0 spiro atoms. The highest BCUT2D eigenvalue weighted by atomic mass is 16.4. The van der Waals surface area contributed by atoms with Crippen LogP contribution in [-0.2, 0) is 4.79 Å². The summed E-state index contributed by atoms with van der Waals surface area (Å²) in [5, 5.41) is 11.6. The topological polar surface area (TPSA) is 37.3 Å². The van der Waals surface area contributed by atoms with Gasteiger partial charge in [0.2, 0.25) is 0 Å². The van der Waals surface area contributed by atoms with Crippen LogP contribution in [0.4, 0.5) is 0 Å². The Balaban J connectivity index is 2.25. The van der Waals surface area contributed by atoms with Crippen LogP contribution in [0.15, 0.2) is 66.7 Å². The quantitative estimate of drug-likeness (QED) is 0.727. The van der Waals surface area contributed by atoms with Gasteiger partial charge >= 0.3 is 5.97 Å². The Hall–Kier alpha value is -2.61. The maximum Gasteiger partial charge on any atom is 0.310 e. The average Bonchev–Trinajstić information content (AvgIpc) is 2.56. The lowest BCUT2D eigenvalue weighted by molar-refractivity contribution is -0.138. The van der Waals surface area contributed by atoms with Gasteiger partial charge in [-0.25, -0.2) is 0 Å². The molecule has 1 unspecified atom stereocenters. The van der Waals surface area contributed by atoms with Gasteiger partial charge in [-0.3, -0.25) is 4.79 Å². The van der Waals surface area contributed by atoms with Gasteiger partial charge in [-0.05, 0) is 33.9 Å². The summed E-state index contributed by atoms with van der Waals surface area (Å²) in [7, 11) is 0. The Morgan fingerprint density at radius 1 is 0.909 bits per heavy atom. The molecular weight excluding hydrogens is 272 g/mol. The first kappa shape index (κ1) is 14.3. The summed E-state index contributed by atoms with van der Waals surface area (Å²) < 4.78 is 0. The van der Waals surface area contributed by atoms with Crippen LogP contribution in [0.3, 0.4) is 0 Å². The highest BCUT2D eigenvalue weighted by molar-refractivity contribution is 6.00. The molecule has 1 N–H and O–H groups in total. The fraction of sp³-hybridized carbons (Fsp3) is 0.150. The van der Waals surface area contributed by atoms with Gasteiger partial charge in [0.15, 0.2) is 0 Å². The molecule has 3 aromatic carbocycles. The van der Waals surface area contributed by atoms with Gasteiger partial charge in [0, 0.05) is 0 Å². The summed E-state index contributed by atoms with van der Waals surface area (Å²) in [5.41, 5.74) is 3.18. The van der Waals surface area contributed by atoms with Crippen molar-refractivity contribution in [3.63, 3.8) is 0 Å². The fourth-order valence-corrected chi connectivity index (χ4v) is 3.04. The second-order valence-electron chi connectivity index (χ2n) is 5.41. The van der Waals surface area contributed by atoms with E-state index in [0.717, 1.165) is 27.5 Å². The van der Waals surface area contributed by atoms with E-state index in [1.807, 2.05) is 49.4 Å². The minimum atomic E-state index is -0.764. The molecule has 0 amide bonds. The zero-order valence-electron chi connectivity index (χ0n) is 12.5. The van der Waals surface area contributed by atoms with Crippen LogP contribution in [0.2, 0.25) is 0 Å². The van der Waals surface area contributed by atoms with Crippen LogP contribution in [-0.4, -0.2) is 11.1 Å². The average molecular weight is 290 g/mol. The summed E-state index contributed by atoms with van der Waals surface area (Å²) in [5.74, 6) is -1.23. The van der Waals surface area contributed by atoms with E-state index >= 15 is 0 Å². The molecule has 0 heterocycles. The van der Waals surface area contributed by atoms with Gasteiger partial charge in [-0.1, -0.05) is 73.7 Å². The van der Waals surface area contributed by atoms with Crippen molar-refractivity contribution in [2.45, 2.75) is 19.3 Å². The van der Waals surface area contributed by atoms with Gasteiger partial charge in [0.05, 0.1) is 5.92 Å². The van der Waals surface area contributed by atoms with Crippen LogP contribution >= 0.6 is 0 Å². The van der Waals surface area contributed by atoms with Gasteiger partial charge in [-0.2, -0.15) is 0 Å². The van der Waals surface area contributed by atoms with E-state index < -0.39 is 11.9 Å². The van der Waals surface area contributed by atoms with Crippen LogP contribution in [0.1, 0.15) is 24.8 Å². The largest absolute Gasteiger partial charge is 0.481 e. The van der Waals surface area contributed by atoms with Crippen LogP contribution in [0.25, 0.3) is 21.9 Å². The Labute approximate surface area is 130 Å². The molecule has 3 aromatic rings. The second kappa shape index (κ2) is 6.02. The number of hydrogen-bond acceptors (Lipinski definition) is 1. The molecular formula is C20H18O2. The second-order valence-corrected chi connectivity index (χ2v) is 5.41. The summed E-state index contributed by atoms with van der Waals surface area (Å²) in [6.07, 6.45) is 0.587. The van der Waals surface area contributed by atoms with Gasteiger partial charge in [0.25, 0.3) is 0 Å². The van der Waals surface area contributed by atoms with Crippen molar-refractivity contribution in [2.24, 2.45) is 0 Å². The van der Waals surface area contributed by atoms with Crippen molar-refractivity contribution in [3.8, 4) is 11.1 Å². The number of fused-ring (bicyclic) bond motifs is 1. The molecule has 0 radical (unpaired) electrons. The molecule has 0 aliphatic carbocycles. The zero-order valence-corrected chi connectivity index (χ0v) is 12.5. The zero-order chi connectivity index (χ0) is 15.5. The molecule has 0 saturated carbocycles. The Morgan fingerprint density at radius 3 is 2.27 bits per heavy atom. The lowest BCUT2D eigenvalue weighted by atomic mass is 9.89. The molecule has 0 saturated heterocycles. The lowest BCUT2D eigenvalue weighted by Gasteiger charge is -2.15. The maximum absolute atomic E-state index is 11.5. The van der Waals surface area contributed by atoms with Crippen LogP contribution in [0.5, 0.6) is 0 Å². The van der Waals surface area contributed by atoms with Crippen LogP contribution in [0, 0.1) is 0 Å². The number of hydrogen-bond donors (Lipinski definition) is 1. The van der Waals surface area contributed by atoms with Gasteiger partial charge in [0.1, 0.15) is 0 Å². The van der Waals surface area contributed by atoms with Crippen LogP contribution < -0.4 is 0 Å². The van der Waals surface area contributed by atoms with Crippen molar-refractivity contribution in [1.82, 2.24) is 0 Å². The van der Waals surface area contributed by atoms with Crippen molar-refractivity contribution in [2.75, 3.05) is 0 Å². The number of carbonyl (C=O) groups is 1. The fourth-order valence-electron chi connectivity index (χ4n) is 3.04. The van der Waals surface area contributed by atoms with E-state index in [0.29, 0.717) is 6.42 Å². The van der Waals surface area contributed by atoms with Crippen molar-refractivity contribution in [3.05, 3.63) is 72.3 Å². The standard InChI is InChI=1S/C20H18O2/c1-2-15(20(21)22)17-11-7-12-18-16(10-6-13-19(17)18)14-8-4-3-5-9-14/h3-13,15H,2H2,1H3,(H,21,22). The first-order valence-electron chi connectivity index (χ1n) is 7.52. The van der Waals surface area contributed by atoms with E-state index in [1.165, 1.54) is 0 Å². The minimum Gasteiger partial charge on any atom is -0.481 e. The summed E-state index contributed by atoms with van der Waals surface area (Å²) >= 11 is 0. The number of benzene rings is 3. The molecule has 2 nitrogen and oxygen atoms in total. The third kappa shape index (κ3) is 2.48. The monoisotopic (exact) mass is 290 g/mol. The van der Waals surface area contributed by atoms with E-state index in [1.54, 1.807) is 0 Å². The number of aliphatic carboxylic acids is 1. The Kier molecular flexibility index (Phi) is 3.92. The summed E-state index contributed by atoms with van der Waals surface area (Å²) in [6, 6.07) is 22.2. The van der Waals surface area contributed by atoms with Gasteiger partial charge < -0.3 is 5.11 Å². The Bertz CT molecular complexity index is 806. The predicted molar refractivity (Wildman–Crippen MR) is 90.1 cm³/mol. The van der Waals surface area contributed by atoms with E-state index in [9.17, 15) is 9.90 Å². The number of carboxylic acids is 1. The highest BCUT2D eigenvalue weighted by Crippen LogP contribution is 2.34. The summed E-state index contributed by atoms with van der Waals surface area (Å²) in [4.78, 5) is 11.5. The third-order valence-corrected chi connectivity index (χ3v) is 4.12. The molecule has 2 heteroatoms. The number of carboxylic acid groups (broad SMARTS) is 1. The Morgan fingerprint density at radius 2 is 1.59 bits per heavy atom.